The summed E-state index contributed by atoms with van der Waals surface area (Å²) in [4.78, 5) is 17.0. The van der Waals surface area contributed by atoms with Gasteiger partial charge in [-0.05, 0) is 41.5 Å². The molecule has 2 aliphatic rings. The molecule has 3 aromatic rings. The van der Waals surface area contributed by atoms with Crippen LogP contribution in [0.1, 0.15) is 23.5 Å². The second-order valence-electron chi connectivity index (χ2n) is 8.65. The molecule has 2 aliphatic heterocycles. The maximum Gasteiger partial charge on any atom is 0.229 e. The highest BCUT2D eigenvalue weighted by Crippen LogP contribution is 2.45. The van der Waals surface area contributed by atoms with Crippen molar-refractivity contribution < 1.29 is 14.3 Å². The third-order valence-corrected chi connectivity index (χ3v) is 8.28. The number of halogens is 2. The Morgan fingerprint density at radius 3 is 2.59 bits per heavy atom. The van der Waals surface area contributed by atoms with E-state index >= 15 is 0 Å². The second-order valence-corrected chi connectivity index (χ2v) is 10.4. The zero-order valence-electron chi connectivity index (χ0n) is 20.0. The molecule has 3 aromatic carbocycles. The Labute approximate surface area is 230 Å². The number of rotatable bonds is 6. The molecule has 0 spiro atoms. The Bertz CT molecular complexity index is 1410. The monoisotopic (exact) mass is 551 g/mol. The lowest BCUT2D eigenvalue weighted by Crippen LogP contribution is -2.47. The van der Waals surface area contributed by atoms with E-state index in [9.17, 15) is 10.1 Å². The molecule has 1 saturated heterocycles. The molecule has 5 rings (SSSR count). The average molecular weight is 552 g/mol. The van der Waals surface area contributed by atoms with E-state index in [1.165, 1.54) is 11.8 Å². The molecule has 0 radical (unpaired) electrons. The van der Waals surface area contributed by atoms with Crippen LogP contribution in [-0.2, 0) is 11.4 Å². The number of ether oxygens (including phenoxy) is 2. The van der Waals surface area contributed by atoms with Crippen LogP contribution in [0.5, 0.6) is 11.5 Å². The number of fused-ring (bicyclic) bond motifs is 1. The summed E-state index contributed by atoms with van der Waals surface area (Å²) in [5.74, 6) is 1.34. The molecular weight excluding hydrogens is 529 g/mol. The quantitative estimate of drug-likeness (QED) is 0.335. The molecule has 0 saturated carbocycles. The van der Waals surface area contributed by atoms with Crippen LogP contribution in [0.15, 0.2) is 77.3 Å². The van der Waals surface area contributed by atoms with Crippen molar-refractivity contribution in [1.29, 1.82) is 5.26 Å². The molecule has 1 atom stereocenters. The molecule has 188 valence electrons. The summed E-state index contributed by atoms with van der Waals surface area (Å²) < 4.78 is 11.6. The van der Waals surface area contributed by atoms with Crippen molar-refractivity contribution in [3.63, 3.8) is 0 Å². The van der Waals surface area contributed by atoms with Crippen LogP contribution in [0.2, 0.25) is 10.0 Å². The normalized spacial score (nSPS) is 17.4. The van der Waals surface area contributed by atoms with Crippen LogP contribution in [0, 0.1) is 11.3 Å². The Balaban J connectivity index is 1.39. The summed E-state index contributed by atoms with van der Waals surface area (Å²) in [5.41, 5.74) is 3.34. The summed E-state index contributed by atoms with van der Waals surface area (Å²) in [6.45, 7) is 0.750. The van der Waals surface area contributed by atoms with Crippen molar-refractivity contribution in [3.8, 4) is 17.6 Å². The summed E-state index contributed by atoms with van der Waals surface area (Å²) in [5, 5.41) is 11.8. The third kappa shape index (κ3) is 5.24. The predicted molar refractivity (Wildman–Crippen MR) is 147 cm³/mol. The molecule has 0 unspecified atom stereocenters. The summed E-state index contributed by atoms with van der Waals surface area (Å²) >= 11 is 13.7. The first kappa shape index (κ1) is 25.3. The van der Waals surface area contributed by atoms with Gasteiger partial charge in [0.15, 0.2) is 11.5 Å². The zero-order valence-corrected chi connectivity index (χ0v) is 22.3. The van der Waals surface area contributed by atoms with Gasteiger partial charge >= 0.3 is 0 Å². The Morgan fingerprint density at radius 1 is 1.05 bits per heavy atom. The number of hydrogen-bond donors (Lipinski definition) is 0. The summed E-state index contributed by atoms with van der Waals surface area (Å²) in [7, 11) is 1.58. The largest absolute Gasteiger partial charge is 0.493 e. The molecule has 1 amide bonds. The second kappa shape index (κ2) is 11.0. The van der Waals surface area contributed by atoms with Crippen molar-refractivity contribution in [2.24, 2.45) is 0 Å². The van der Waals surface area contributed by atoms with Crippen LogP contribution in [-0.4, -0.2) is 30.5 Å². The van der Waals surface area contributed by atoms with Gasteiger partial charge in [0.05, 0.1) is 46.4 Å². The number of thioether (sulfide) groups is 1. The fourth-order valence-electron chi connectivity index (χ4n) is 4.45. The lowest BCUT2D eigenvalue weighted by atomic mass is 9.86. The van der Waals surface area contributed by atoms with E-state index in [1.54, 1.807) is 24.1 Å². The van der Waals surface area contributed by atoms with Gasteiger partial charge < -0.3 is 14.4 Å². The van der Waals surface area contributed by atoms with E-state index in [1.807, 2.05) is 59.5 Å². The van der Waals surface area contributed by atoms with Gasteiger partial charge in [-0.2, -0.15) is 5.26 Å². The lowest BCUT2D eigenvalue weighted by Gasteiger charge is -2.42. The van der Waals surface area contributed by atoms with Crippen molar-refractivity contribution in [2.75, 3.05) is 24.6 Å². The standard InChI is InChI=1S/C28H23Cl2N3O3S/c1-35-26-11-19(7-10-25(26)36-15-18-5-3-2-4-6-18)21-13-27(34)33-16-32(17-37-28(33)22(21)14-31)20-8-9-23(29)24(30)12-20/h2-12,21H,13,15-17H2,1H3/t21-/m1/s1. The minimum atomic E-state index is -0.357. The number of hydrogen-bond acceptors (Lipinski definition) is 6. The van der Waals surface area contributed by atoms with Gasteiger partial charge in [-0.3, -0.25) is 9.69 Å². The first-order valence-corrected chi connectivity index (χ1v) is 13.3. The molecule has 9 heteroatoms. The number of nitrogens with zero attached hydrogens (tertiary/aromatic N) is 3. The molecule has 0 aromatic heterocycles. The molecule has 1 fully saturated rings. The van der Waals surface area contributed by atoms with Crippen molar-refractivity contribution in [2.45, 2.75) is 18.9 Å². The van der Waals surface area contributed by atoms with E-state index < -0.39 is 0 Å². The van der Waals surface area contributed by atoms with E-state index in [2.05, 4.69) is 6.07 Å². The molecule has 37 heavy (non-hydrogen) atoms. The molecule has 2 heterocycles. The topological polar surface area (TPSA) is 65.8 Å². The first-order chi connectivity index (χ1) is 18.0. The van der Waals surface area contributed by atoms with Crippen LogP contribution in [0.4, 0.5) is 5.69 Å². The van der Waals surface area contributed by atoms with Gasteiger partial charge in [-0.1, -0.05) is 71.4 Å². The van der Waals surface area contributed by atoms with Crippen LogP contribution >= 0.6 is 35.0 Å². The Kier molecular flexibility index (Phi) is 7.52. The third-order valence-electron chi connectivity index (χ3n) is 6.39. The van der Waals surface area contributed by atoms with Gasteiger partial charge in [0.25, 0.3) is 0 Å². The van der Waals surface area contributed by atoms with Gasteiger partial charge in [0.1, 0.15) is 6.61 Å². The summed E-state index contributed by atoms with van der Waals surface area (Å²) in [6, 6.07) is 23.3. The van der Waals surface area contributed by atoms with E-state index in [0.717, 1.165) is 16.8 Å². The highest BCUT2D eigenvalue weighted by Gasteiger charge is 2.38. The van der Waals surface area contributed by atoms with E-state index in [-0.39, 0.29) is 18.2 Å². The Hall–Kier alpha value is -3.31. The van der Waals surface area contributed by atoms with Crippen molar-refractivity contribution in [1.82, 2.24) is 4.90 Å². The number of amides is 1. The van der Waals surface area contributed by atoms with Crippen LogP contribution < -0.4 is 14.4 Å². The lowest BCUT2D eigenvalue weighted by molar-refractivity contribution is -0.129. The van der Waals surface area contributed by atoms with Gasteiger partial charge in [-0.25, -0.2) is 0 Å². The van der Waals surface area contributed by atoms with Gasteiger partial charge in [0.2, 0.25) is 5.91 Å². The molecule has 0 N–H and O–H groups in total. The highest BCUT2D eigenvalue weighted by molar-refractivity contribution is 8.03. The van der Waals surface area contributed by atoms with Crippen LogP contribution in [0.25, 0.3) is 0 Å². The number of allylic oxidation sites excluding steroid dienone is 1. The Morgan fingerprint density at radius 2 is 1.86 bits per heavy atom. The maximum atomic E-state index is 13.3. The number of nitriles is 1. The fourth-order valence-corrected chi connectivity index (χ4v) is 5.91. The molecule has 6 nitrogen and oxygen atoms in total. The average Bonchev–Trinajstić information content (AvgIpc) is 2.93. The predicted octanol–water partition coefficient (Wildman–Crippen LogP) is 6.80. The van der Waals surface area contributed by atoms with E-state index in [0.29, 0.717) is 51.3 Å². The highest BCUT2D eigenvalue weighted by atomic mass is 35.5. The fraction of sp³-hybridized carbons (Fsp3) is 0.214. The minimum absolute atomic E-state index is 0.0420. The van der Waals surface area contributed by atoms with E-state index in [4.69, 9.17) is 32.7 Å². The number of benzene rings is 3. The number of anilines is 1. The molecular formula is C28H23Cl2N3O3S. The van der Waals surface area contributed by atoms with Crippen LogP contribution in [0.3, 0.4) is 0 Å². The van der Waals surface area contributed by atoms with Gasteiger partial charge in [-0.15, -0.1) is 0 Å². The number of carbonyl (C=O) groups is 1. The van der Waals surface area contributed by atoms with Crippen molar-refractivity contribution in [3.05, 3.63) is 98.5 Å². The number of carbonyl (C=O) groups excluding carboxylic acids is 1. The maximum absolute atomic E-state index is 13.3. The summed E-state index contributed by atoms with van der Waals surface area (Å²) in [6.07, 6.45) is 0.190. The molecule has 0 aliphatic carbocycles. The first-order valence-electron chi connectivity index (χ1n) is 11.6. The number of methoxy groups -OCH3 is 1. The molecule has 0 bridgehead atoms. The minimum Gasteiger partial charge on any atom is -0.493 e. The SMILES string of the molecule is COc1cc([C@H]2CC(=O)N3CN(c4ccc(Cl)c(Cl)c4)CSC3=C2C#N)ccc1OCc1ccccc1. The zero-order chi connectivity index (χ0) is 25.9. The van der Waals surface area contributed by atoms with Crippen molar-refractivity contribution >= 4 is 46.6 Å². The smallest absolute Gasteiger partial charge is 0.229 e. The van der Waals surface area contributed by atoms with Gasteiger partial charge in [0, 0.05) is 18.0 Å².